The zero-order chi connectivity index (χ0) is 15.9. The van der Waals surface area contributed by atoms with Crippen molar-refractivity contribution in [3.05, 3.63) is 29.8 Å². The lowest BCUT2D eigenvalue weighted by Gasteiger charge is -2.35. The van der Waals surface area contributed by atoms with E-state index < -0.39 is 0 Å². The van der Waals surface area contributed by atoms with Crippen LogP contribution in [0, 0.1) is 12.8 Å². The molecule has 0 bridgehead atoms. The zero-order valence-electron chi connectivity index (χ0n) is 14.0. The first-order chi connectivity index (χ1) is 10.7. The van der Waals surface area contributed by atoms with Crippen LogP contribution in [0.2, 0.25) is 0 Å². The molecule has 1 heterocycles. The van der Waals surface area contributed by atoms with E-state index in [2.05, 4.69) is 13.0 Å². The summed E-state index contributed by atoms with van der Waals surface area (Å²) in [6, 6.07) is 8.31. The number of amides is 2. The Bertz CT molecular complexity index is 478. The number of benzene rings is 1. The summed E-state index contributed by atoms with van der Waals surface area (Å²) in [4.78, 5) is 16.2. The highest BCUT2D eigenvalue weighted by Gasteiger charge is 2.25. The fourth-order valence-electron chi connectivity index (χ4n) is 2.91. The first-order valence-corrected chi connectivity index (χ1v) is 8.38. The summed E-state index contributed by atoms with van der Waals surface area (Å²) in [6.07, 6.45) is 2.05. The molecular formula is C18H28N2O2. The van der Waals surface area contributed by atoms with Crippen LogP contribution in [0.25, 0.3) is 0 Å². The number of aryl methyl sites for hydroxylation is 1. The average molecular weight is 304 g/mol. The molecule has 0 radical (unpaired) electrons. The SMILES string of the molecule is CCN(CC)C(=O)N1CCC(COc2ccccc2C)CC1. The van der Waals surface area contributed by atoms with Crippen molar-refractivity contribution in [2.45, 2.75) is 33.6 Å². The molecule has 1 aliphatic heterocycles. The molecule has 0 saturated carbocycles. The number of piperidine rings is 1. The summed E-state index contributed by atoms with van der Waals surface area (Å²) in [5, 5.41) is 0. The van der Waals surface area contributed by atoms with Crippen LogP contribution in [-0.4, -0.2) is 48.6 Å². The number of hydrogen-bond acceptors (Lipinski definition) is 2. The Morgan fingerprint density at radius 3 is 2.45 bits per heavy atom. The van der Waals surface area contributed by atoms with Crippen molar-refractivity contribution < 1.29 is 9.53 Å². The fourth-order valence-corrected chi connectivity index (χ4v) is 2.91. The first-order valence-electron chi connectivity index (χ1n) is 8.38. The molecule has 0 N–H and O–H groups in total. The summed E-state index contributed by atoms with van der Waals surface area (Å²) in [6.45, 7) is 10.1. The number of likely N-dealkylation sites (tertiary alicyclic amines) is 1. The topological polar surface area (TPSA) is 32.8 Å². The van der Waals surface area contributed by atoms with Crippen molar-refractivity contribution >= 4 is 6.03 Å². The van der Waals surface area contributed by atoms with Gasteiger partial charge in [0, 0.05) is 26.2 Å². The van der Waals surface area contributed by atoms with Crippen LogP contribution in [0.3, 0.4) is 0 Å². The number of ether oxygens (including phenoxy) is 1. The fraction of sp³-hybridized carbons (Fsp3) is 0.611. The van der Waals surface area contributed by atoms with Gasteiger partial charge in [-0.05, 0) is 51.2 Å². The Kier molecular flexibility index (Phi) is 6.10. The lowest BCUT2D eigenvalue weighted by atomic mass is 9.98. The van der Waals surface area contributed by atoms with Gasteiger partial charge in [-0.2, -0.15) is 0 Å². The van der Waals surface area contributed by atoms with Gasteiger partial charge < -0.3 is 14.5 Å². The van der Waals surface area contributed by atoms with Gasteiger partial charge in [0.15, 0.2) is 0 Å². The van der Waals surface area contributed by atoms with Crippen LogP contribution in [0.15, 0.2) is 24.3 Å². The van der Waals surface area contributed by atoms with Crippen LogP contribution < -0.4 is 4.74 Å². The van der Waals surface area contributed by atoms with Gasteiger partial charge in [0.05, 0.1) is 6.61 Å². The number of nitrogens with zero attached hydrogens (tertiary/aromatic N) is 2. The number of carbonyl (C=O) groups excluding carboxylic acids is 1. The smallest absolute Gasteiger partial charge is 0.319 e. The molecule has 0 atom stereocenters. The molecule has 2 amide bonds. The molecule has 122 valence electrons. The number of rotatable bonds is 5. The second-order valence-electron chi connectivity index (χ2n) is 5.96. The highest BCUT2D eigenvalue weighted by Crippen LogP contribution is 2.22. The van der Waals surface area contributed by atoms with Crippen molar-refractivity contribution in [2.24, 2.45) is 5.92 Å². The van der Waals surface area contributed by atoms with E-state index in [1.807, 2.05) is 41.8 Å². The van der Waals surface area contributed by atoms with Crippen molar-refractivity contribution in [3.63, 3.8) is 0 Å². The maximum absolute atomic E-state index is 12.3. The minimum Gasteiger partial charge on any atom is -0.493 e. The number of para-hydroxylation sites is 1. The van der Waals surface area contributed by atoms with Gasteiger partial charge in [-0.25, -0.2) is 4.79 Å². The molecule has 22 heavy (non-hydrogen) atoms. The van der Waals surface area contributed by atoms with Gasteiger partial charge in [-0.3, -0.25) is 0 Å². The Morgan fingerprint density at radius 1 is 1.23 bits per heavy atom. The van der Waals surface area contributed by atoms with Crippen LogP contribution in [0.5, 0.6) is 5.75 Å². The summed E-state index contributed by atoms with van der Waals surface area (Å²) < 4.78 is 5.95. The van der Waals surface area contributed by atoms with Gasteiger partial charge in [-0.1, -0.05) is 18.2 Å². The third-order valence-electron chi connectivity index (χ3n) is 4.49. The number of hydrogen-bond donors (Lipinski definition) is 0. The van der Waals surface area contributed by atoms with Crippen LogP contribution in [-0.2, 0) is 0 Å². The second-order valence-corrected chi connectivity index (χ2v) is 5.96. The quantitative estimate of drug-likeness (QED) is 0.833. The van der Waals surface area contributed by atoms with E-state index in [4.69, 9.17) is 4.74 Å². The summed E-state index contributed by atoms with van der Waals surface area (Å²) in [5.74, 6) is 1.52. The first kappa shape index (κ1) is 16.7. The molecule has 1 aliphatic rings. The number of carbonyl (C=O) groups is 1. The molecule has 4 nitrogen and oxygen atoms in total. The van der Waals surface area contributed by atoms with E-state index in [1.54, 1.807) is 0 Å². The summed E-state index contributed by atoms with van der Waals surface area (Å²) >= 11 is 0. The van der Waals surface area contributed by atoms with Gasteiger partial charge in [0.1, 0.15) is 5.75 Å². The van der Waals surface area contributed by atoms with Crippen molar-refractivity contribution in [1.82, 2.24) is 9.80 Å². The molecule has 0 unspecified atom stereocenters. The third-order valence-corrected chi connectivity index (χ3v) is 4.49. The second kappa shape index (κ2) is 8.06. The van der Waals surface area contributed by atoms with Gasteiger partial charge in [0.2, 0.25) is 0 Å². The van der Waals surface area contributed by atoms with E-state index in [-0.39, 0.29) is 6.03 Å². The van der Waals surface area contributed by atoms with Gasteiger partial charge >= 0.3 is 6.03 Å². The Balaban J connectivity index is 1.78. The average Bonchev–Trinajstić information content (AvgIpc) is 2.55. The predicted molar refractivity (Wildman–Crippen MR) is 89.3 cm³/mol. The molecule has 1 fully saturated rings. The monoisotopic (exact) mass is 304 g/mol. The van der Waals surface area contributed by atoms with Crippen LogP contribution >= 0.6 is 0 Å². The molecule has 0 spiro atoms. The molecule has 1 saturated heterocycles. The van der Waals surface area contributed by atoms with E-state index in [1.165, 1.54) is 5.56 Å². The molecule has 1 aromatic carbocycles. The lowest BCUT2D eigenvalue weighted by molar-refractivity contribution is 0.121. The van der Waals surface area contributed by atoms with E-state index in [0.717, 1.165) is 51.4 Å². The van der Waals surface area contributed by atoms with E-state index >= 15 is 0 Å². The summed E-state index contributed by atoms with van der Waals surface area (Å²) in [7, 11) is 0. The lowest BCUT2D eigenvalue weighted by Crippen LogP contribution is -2.47. The van der Waals surface area contributed by atoms with Crippen molar-refractivity contribution in [1.29, 1.82) is 0 Å². The van der Waals surface area contributed by atoms with Crippen molar-refractivity contribution in [3.8, 4) is 5.75 Å². The largest absolute Gasteiger partial charge is 0.493 e. The molecule has 0 aliphatic carbocycles. The van der Waals surface area contributed by atoms with Gasteiger partial charge in [0.25, 0.3) is 0 Å². The van der Waals surface area contributed by atoms with Crippen molar-refractivity contribution in [2.75, 3.05) is 32.8 Å². The van der Waals surface area contributed by atoms with Crippen LogP contribution in [0.1, 0.15) is 32.3 Å². The molecule has 4 heteroatoms. The molecule has 0 aromatic heterocycles. The molecule has 1 aromatic rings. The van der Waals surface area contributed by atoms with Gasteiger partial charge in [-0.15, -0.1) is 0 Å². The number of urea groups is 1. The Hall–Kier alpha value is -1.71. The maximum Gasteiger partial charge on any atom is 0.319 e. The zero-order valence-corrected chi connectivity index (χ0v) is 14.0. The Labute approximate surface area is 134 Å². The highest BCUT2D eigenvalue weighted by molar-refractivity contribution is 5.74. The third kappa shape index (κ3) is 4.15. The highest BCUT2D eigenvalue weighted by atomic mass is 16.5. The minimum absolute atomic E-state index is 0.184. The van der Waals surface area contributed by atoms with E-state index in [0.29, 0.717) is 5.92 Å². The Morgan fingerprint density at radius 2 is 1.86 bits per heavy atom. The minimum atomic E-state index is 0.184. The maximum atomic E-state index is 12.3. The van der Waals surface area contributed by atoms with Crippen LogP contribution in [0.4, 0.5) is 4.79 Å². The molecular weight excluding hydrogens is 276 g/mol. The van der Waals surface area contributed by atoms with E-state index in [9.17, 15) is 4.79 Å². The standard InChI is InChI=1S/C18H28N2O2/c1-4-19(5-2)18(21)20-12-10-16(11-13-20)14-22-17-9-7-6-8-15(17)3/h6-9,16H,4-5,10-14H2,1-3H3. The normalized spacial score (nSPS) is 15.7. The summed E-state index contributed by atoms with van der Waals surface area (Å²) in [5.41, 5.74) is 1.18. The predicted octanol–water partition coefficient (Wildman–Crippen LogP) is 3.55. The molecule has 2 rings (SSSR count).